The lowest BCUT2D eigenvalue weighted by Gasteiger charge is -2.27. The zero-order valence-electron chi connectivity index (χ0n) is 11.9. The molecule has 0 unspecified atom stereocenters. The number of anilines is 1. The number of hydrogen-bond acceptors (Lipinski definition) is 2. The third-order valence-corrected chi connectivity index (χ3v) is 4.43. The minimum absolute atomic E-state index is 0.774. The molecule has 3 heteroatoms. The highest BCUT2D eigenvalue weighted by Gasteiger charge is 2.16. The fraction of sp³-hybridized carbons (Fsp3) is 0.625. The van der Waals surface area contributed by atoms with E-state index in [9.17, 15) is 0 Å². The summed E-state index contributed by atoms with van der Waals surface area (Å²) in [6, 6.07) is 8.72. The van der Waals surface area contributed by atoms with Crippen LogP contribution in [0.2, 0.25) is 5.02 Å². The van der Waals surface area contributed by atoms with Gasteiger partial charge in [-0.15, -0.1) is 0 Å². The van der Waals surface area contributed by atoms with E-state index < -0.39 is 0 Å². The number of halogens is 1. The lowest BCUT2D eigenvalue weighted by molar-refractivity contribution is 0.229. The van der Waals surface area contributed by atoms with Crippen LogP contribution in [-0.4, -0.2) is 31.1 Å². The van der Waals surface area contributed by atoms with Gasteiger partial charge in [0.2, 0.25) is 0 Å². The molecule has 106 valence electrons. The van der Waals surface area contributed by atoms with E-state index in [-0.39, 0.29) is 0 Å². The summed E-state index contributed by atoms with van der Waals surface area (Å²) in [5.41, 5.74) is 1.04. The third-order valence-electron chi connectivity index (χ3n) is 4.10. The summed E-state index contributed by atoms with van der Waals surface area (Å²) in [7, 11) is 2.25. The highest BCUT2D eigenvalue weighted by atomic mass is 35.5. The first-order chi connectivity index (χ1) is 9.27. The Bertz CT molecular complexity index is 373. The lowest BCUT2D eigenvalue weighted by Crippen LogP contribution is -2.34. The van der Waals surface area contributed by atoms with E-state index in [2.05, 4.69) is 17.3 Å². The molecule has 1 aromatic carbocycles. The predicted octanol–water partition coefficient (Wildman–Crippen LogP) is 4.41. The van der Waals surface area contributed by atoms with Crippen molar-refractivity contribution in [1.82, 2.24) is 4.90 Å². The largest absolute Gasteiger partial charge is 0.383 e. The van der Waals surface area contributed by atoms with Crippen molar-refractivity contribution in [3.8, 4) is 0 Å². The topological polar surface area (TPSA) is 15.3 Å². The van der Waals surface area contributed by atoms with Gasteiger partial charge in [-0.1, -0.05) is 49.4 Å². The van der Waals surface area contributed by atoms with Crippen molar-refractivity contribution in [3.05, 3.63) is 29.3 Å². The molecule has 2 rings (SSSR count). The maximum absolute atomic E-state index is 6.13. The van der Waals surface area contributed by atoms with Crippen LogP contribution in [0.25, 0.3) is 0 Å². The van der Waals surface area contributed by atoms with Crippen molar-refractivity contribution in [3.63, 3.8) is 0 Å². The van der Waals surface area contributed by atoms with E-state index in [0.717, 1.165) is 29.8 Å². The average Bonchev–Trinajstić information content (AvgIpc) is 2.70. The molecule has 0 amide bonds. The third kappa shape index (κ3) is 4.70. The van der Waals surface area contributed by atoms with E-state index >= 15 is 0 Å². The summed E-state index contributed by atoms with van der Waals surface area (Å²) in [5.74, 6) is 0. The van der Waals surface area contributed by atoms with Gasteiger partial charge in [-0.25, -0.2) is 0 Å². The van der Waals surface area contributed by atoms with Gasteiger partial charge in [0.15, 0.2) is 0 Å². The van der Waals surface area contributed by atoms with E-state index in [1.807, 2.05) is 24.3 Å². The molecule has 1 aliphatic rings. The summed E-state index contributed by atoms with van der Waals surface area (Å²) in [4.78, 5) is 2.51. The molecule has 1 aliphatic carbocycles. The van der Waals surface area contributed by atoms with E-state index in [4.69, 9.17) is 11.6 Å². The van der Waals surface area contributed by atoms with Crippen LogP contribution in [0.3, 0.4) is 0 Å². The lowest BCUT2D eigenvalue weighted by atomic mass is 10.1. The number of likely N-dealkylation sites (N-methyl/N-ethyl adjacent to an activating group) is 1. The number of nitrogens with zero attached hydrogens (tertiary/aromatic N) is 1. The highest BCUT2D eigenvalue weighted by molar-refractivity contribution is 6.33. The second-order valence-corrected chi connectivity index (χ2v) is 5.94. The molecule has 0 saturated heterocycles. The Hall–Kier alpha value is -0.730. The molecule has 0 heterocycles. The first kappa shape index (κ1) is 14.7. The summed E-state index contributed by atoms with van der Waals surface area (Å²) >= 11 is 6.13. The number of hydrogen-bond donors (Lipinski definition) is 1. The molecule has 0 aromatic heterocycles. The molecule has 0 radical (unpaired) electrons. The monoisotopic (exact) mass is 280 g/mol. The number of benzene rings is 1. The van der Waals surface area contributed by atoms with Gasteiger partial charge in [0.25, 0.3) is 0 Å². The fourth-order valence-corrected chi connectivity index (χ4v) is 3.06. The van der Waals surface area contributed by atoms with Gasteiger partial charge in [-0.3, -0.25) is 0 Å². The second kappa shape index (κ2) is 7.76. The minimum atomic E-state index is 0.774. The van der Waals surface area contributed by atoms with Crippen LogP contribution in [0.5, 0.6) is 0 Å². The van der Waals surface area contributed by atoms with Crippen LogP contribution in [0.15, 0.2) is 24.3 Å². The molecule has 1 saturated carbocycles. The molecule has 2 nitrogen and oxygen atoms in total. The van der Waals surface area contributed by atoms with Gasteiger partial charge < -0.3 is 10.2 Å². The molecule has 1 N–H and O–H groups in total. The Morgan fingerprint density at radius 1 is 1.16 bits per heavy atom. The molecule has 1 aromatic rings. The van der Waals surface area contributed by atoms with Crippen molar-refractivity contribution in [2.45, 2.75) is 44.6 Å². The first-order valence-electron chi connectivity index (χ1n) is 7.46. The molecule has 1 fully saturated rings. The smallest absolute Gasteiger partial charge is 0.0637 e. The van der Waals surface area contributed by atoms with Gasteiger partial charge in [-0.2, -0.15) is 0 Å². The van der Waals surface area contributed by atoms with Crippen molar-refractivity contribution < 1.29 is 0 Å². The maximum atomic E-state index is 6.13. The highest BCUT2D eigenvalue weighted by Crippen LogP contribution is 2.22. The molecule has 0 aliphatic heterocycles. The molecule has 19 heavy (non-hydrogen) atoms. The van der Waals surface area contributed by atoms with Gasteiger partial charge in [0.05, 0.1) is 10.7 Å². The Kier molecular flexibility index (Phi) is 5.99. The Balaban J connectivity index is 1.74. The van der Waals surface area contributed by atoms with Gasteiger partial charge >= 0.3 is 0 Å². The molecule has 0 spiro atoms. The fourth-order valence-electron chi connectivity index (χ4n) is 2.85. The quantitative estimate of drug-likeness (QED) is 0.804. The van der Waals surface area contributed by atoms with E-state index in [0.29, 0.717) is 0 Å². The van der Waals surface area contributed by atoms with Crippen LogP contribution in [0, 0.1) is 0 Å². The normalized spacial score (nSPS) is 17.4. The first-order valence-corrected chi connectivity index (χ1v) is 7.84. The van der Waals surface area contributed by atoms with Crippen molar-refractivity contribution in [2.24, 2.45) is 0 Å². The number of nitrogens with one attached hydrogen (secondary N) is 1. The Morgan fingerprint density at radius 3 is 2.53 bits per heavy atom. The van der Waals surface area contributed by atoms with E-state index in [1.165, 1.54) is 38.5 Å². The second-order valence-electron chi connectivity index (χ2n) is 5.53. The zero-order chi connectivity index (χ0) is 13.5. The number of rotatable bonds is 5. The van der Waals surface area contributed by atoms with Crippen LogP contribution >= 0.6 is 11.6 Å². The average molecular weight is 281 g/mol. The molecular weight excluding hydrogens is 256 g/mol. The van der Waals surface area contributed by atoms with Crippen LogP contribution < -0.4 is 5.32 Å². The summed E-state index contributed by atoms with van der Waals surface area (Å²) in [6.45, 7) is 2.03. The predicted molar refractivity (Wildman–Crippen MR) is 84.1 cm³/mol. The van der Waals surface area contributed by atoms with Crippen molar-refractivity contribution in [1.29, 1.82) is 0 Å². The Labute approximate surface area is 122 Å². The zero-order valence-corrected chi connectivity index (χ0v) is 12.6. The van der Waals surface area contributed by atoms with Crippen LogP contribution in [-0.2, 0) is 0 Å². The molecule has 0 atom stereocenters. The van der Waals surface area contributed by atoms with E-state index in [1.54, 1.807) is 0 Å². The molecule has 0 bridgehead atoms. The minimum Gasteiger partial charge on any atom is -0.383 e. The van der Waals surface area contributed by atoms with Crippen molar-refractivity contribution >= 4 is 17.3 Å². The summed E-state index contributed by atoms with van der Waals surface area (Å²) in [5, 5.41) is 4.23. The van der Waals surface area contributed by atoms with Crippen molar-refractivity contribution in [2.75, 3.05) is 25.5 Å². The van der Waals surface area contributed by atoms with Gasteiger partial charge in [-0.05, 0) is 32.0 Å². The van der Waals surface area contributed by atoms with Crippen LogP contribution in [0.1, 0.15) is 38.5 Å². The van der Waals surface area contributed by atoms with Gasteiger partial charge in [0, 0.05) is 19.1 Å². The van der Waals surface area contributed by atoms with Crippen LogP contribution in [0.4, 0.5) is 5.69 Å². The number of para-hydroxylation sites is 1. The summed E-state index contributed by atoms with van der Waals surface area (Å²) in [6.07, 6.45) is 8.36. The Morgan fingerprint density at radius 2 is 1.84 bits per heavy atom. The van der Waals surface area contributed by atoms with Gasteiger partial charge in [0.1, 0.15) is 0 Å². The SMILES string of the molecule is CN(CCNc1ccccc1Cl)C1CCCCCC1. The molecular formula is C16H25ClN2. The standard InChI is InChI=1S/C16H25ClN2/c1-19(14-8-4-2-3-5-9-14)13-12-18-16-11-7-6-10-15(16)17/h6-7,10-11,14,18H,2-5,8-9,12-13H2,1H3. The summed E-state index contributed by atoms with van der Waals surface area (Å²) < 4.78 is 0. The maximum Gasteiger partial charge on any atom is 0.0637 e.